The van der Waals surface area contributed by atoms with Crippen LogP contribution in [0, 0.1) is 0 Å². The van der Waals surface area contributed by atoms with Crippen molar-refractivity contribution in [2.24, 2.45) is 0 Å². The zero-order valence-corrected chi connectivity index (χ0v) is 9.66. The lowest BCUT2D eigenvalue weighted by atomic mass is 10.2. The van der Waals surface area contributed by atoms with E-state index in [0.717, 1.165) is 0 Å². The van der Waals surface area contributed by atoms with Crippen LogP contribution in [0.15, 0.2) is 24.3 Å². The minimum atomic E-state index is -0.553. The van der Waals surface area contributed by atoms with E-state index in [1.54, 1.807) is 24.3 Å². The topological polar surface area (TPSA) is 67.4 Å². The second-order valence-electron chi connectivity index (χ2n) is 3.61. The van der Waals surface area contributed by atoms with Gasteiger partial charge in [-0.3, -0.25) is 0 Å². The maximum Gasteiger partial charge on any atom is 0.328 e. The Labute approximate surface area is 103 Å². The molecule has 0 aliphatic carbocycles. The molecule has 2 N–H and O–H groups in total. The Bertz CT molecular complexity index is 433. The number of ether oxygens (including phenoxy) is 1. The van der Waals surface area contributed by atoms with Gasteiger partial charge in [-0.2, -0.15) is 0 Å². The second-order valence-corrected chi connectivity index (χ2v) is 4.05. The number of anilines is 1. The molecule has 1 aliphatic heterocycles. The number of carbonyl (C=O) groups is 2. The van der Waals surface area contributed by atoms with Gasteiger partial charge in [-0.25, -0.2) is 9.59 Å². The molecule has 1 aromatic carbocycles. The van der Waals surface area contributed by atoms with Gasteiger partial charge >= 0.3 is 12.0 Å². The van der Waals surface area contributed by atoms with Crippen LogP contribution in [-0.4, -0.2) is 24.6 Å². The monoisotopic (exact) mass is 254 g/mol. The van der Waals surface area contributed by atoms with Crippen LogP contribution >= 0.6 is 11.6 Å². The maximum absolute atomic E-state index is 11.5. The number of hydrogen-bond donors (Lipinski definition) is 2. The Morgan fingerprint density at radius 2 is 2.06 bits per heavy atom. The summed E-state index contributed by atoms with van der Waals surface area (Å²) >= 11 is 5.72. The van der Waals surface area contributed by atoms with E-state index in [9.17, 15) is 9.59 Å². The Balaban J connectivity index is 1.88. The molecule has 1 fully saturated rings. The number of halogens is 1. The third-order valence-electron chi connectivity index (χ3n) is 2.34. The predicted molar refractivity (Wildman–Crippen MR) is 63.0 cm³/mol. The largest absolute Gasteiger partial charge is 0.464 e. The third-order valence-corrected chi connectivity index (χ3v) is 2.59. The molecule has 1 atom stereocenters. The number of cyclic esters (lactones) is 1. The van der Waals surface area contributed by atoms with Gasteiger partial charge in [0.15, 0.2) is 0 Å². The number of benzene rings is 1. The fourth-order valence-corrected chi connectivity index (χ4v) is 1.61. The van der Waals surface area contributed by atoms with Gasteiger partial charge < -0.3 is 15.4 Å². The first kappa shape index (κ1) is 11.7. The molecule has 2 rings (SSSR count). The maximum atomic E-state index is 11.5. The summed E-state index contributed by atoms with van der Waals surface area (Å²) in [5, 5.41) is 5.73. The average molecular weight is 255 g/mol. The molecule has 90 valence electrons. The molecule has 1 unspecified atom stereocenters. The summed E-state index contributed by atoms with van der Waals surface area (Å²) in [6, 6.07) is 5.70. The van der Waals surface area contributed by atoms with Crippen molar-refractivity contribution in [3.05, 3.63) is 29.3 Å². The normalized spacial score (nSPS) is 18.6. The van der Waals surface area contributed by atoms with E-state index >= 15 is 0 Å². The van der Waals surface area contributed by atoms with Crippen molar-refractivity contribution < 1.29 is 14.3 Å². The fraction of sp³-hybridized carbons (Fsp3) is 0.273. The smallest absolute Gasteiger partial charge is 0.328 e. The van der Waals surface area contributed by atoms with Gasteiger partial charge in [0.25, 0.3) is 0 Å². The van der Waals surface area contributed by atoms with E-state index in [1.807, 2.05) is 0 Å². The number of amides is 2. The van der Waals surface area contributed by atoms with Crippen LogP contribution in [0.2, 0.25) is 5.02 Å². The van der Waals surface area contributed by atoms with Gasteiger partial charge in [-0.1, -0.05) is 11.6 Å². The van der Waals surface area contributed by atoms with Gasteiger partial charge in [-0.05, 0) is 24.3 Å². The average Bonchev–Trinajstić information content (AvgIpc) is 2.68. The van der Waals surface area contributed by atoms with Crippen molar-refractivity contribution in [3.63, 3.8) is 0 Å². The summed E-state index contributed by atoms with van der Waals surface area (Å²) in [6.07, 6.45) is 0.507. The van der Waals surface area contributed by atoms with Crippen LogP contribution in [-0.2, 0) is 9.53 Å². The van der Waals surface area contributed by atoms with Crippen LogP contribution in [0.1, 0.15) is 6.42 Å². The Kier molecular flexibility index (Phi) is 3.49. The van der Waals surface area contributed by atoms with Crippen molar-refractivity contribution in [2.45, 2.75) is 12.5 Å². The highest BCUT2D eigenvalue weighted by Gasteiger charge is 2.27. The molecule has 17 heavy (non-hydrogen) atoms. The lowest BCUT2D eigenvalue weighted by Crippen LogP contribution is -2.40. The summed E-state index contributed by atoms with van der Waals surface area (Å²) in [5.41, 5.74) is 0.610. The fourth-order valence-electron chi connectivity index (χ4n) is 1.49. The number of nitrogens with one attached hydrogen (secondary N) is 2. The quantitative estimate of drug-likeness (QED) is 0.791. The Hall–Kier alpha value is -1.75. The minimum Gasteiger partial charge on any atom is -0.464 e. The lowest BCUT2D eigenvalue weighted by Gasteiger charge is -2.10. The van der Waals surface area contributed by atoms with Gasteiger partial charge in [-0.15, -0.1) is 0 Å². The van der Waals surface area contributed by atoms with E-state index < -0.39 is 18.0 Å². The molecule has 2 amide bonds. The highest BCUT2D eigenvalue weighted by atomic mass is 35.5. The van der Waals surface area contributed by atoms with E-state index in [0.29, 0.717) is 23.7 Å². The van der Waals surface area contributed by atoms with E-state index in [2.05, 4.69) is 10.6 Å². The lowest BCUT2D eigenvalue weighted by molar-refractivity contribution is -0.139. The first-order chi connectivity index (χ1) is 8.15. The molecule has 0 spiro atoms. The molecular formula is C11H11ClN2O3. The van der Waals surface area contributed by atoms with Gasteiger partial charge in [0.1, 0.15) is 6.04 Å². The van der Waals surface area contributed by atoms with E-state index in [-0.39, 0.29) is 0 Å². The van der Waals surface area contributed by atoms with Gasteiger partial charge in [0.2, 0.25) is 0 Å². The summed E-state index contributed by atoms with van der Waals surface area (Å²) in [6.45, 7) is 0.352. The molecule has 0 bridgehead atoms. The standard InChI is InChI=1S/C11H11ClN2O3/c12-7-1-3-8(4-2-7)13-11(16)14-9-5-6-17-10(9)15/h1-4,9H,5-6H2,(H2,13,14,16). The number of carbonyl (C=O) groups excluding carboxylic acids is 2. The minimum absolute atomic E-state index is 0.352. The van der Waals surface area contributed by atoms with E-state index in [4.69, 9.17) is 16.3 Å². The Morgan fingerprint density at radius 1 is 1.35 bits per heavy atom. The second kappa shape index (κ2) is 5.05. The van der Waals surface area contributed by atoms with Crippen molar-refractivity contribution in [2.75, 3.05) is 11.9 Å². The zero-order chi connectivity index (χ0) is 12.3. The van der Waals surface area contributed by atoms with Crippen molar-refractivity contribution in [1.29, 1.82) is 0 Å². The first-order valence-corrected chi connectivity index (χ1v) is 5.52. The molecular weight excluding hydrogens is 244 g/mol. The van der Waals surface area contributed by atoms with Crippen LogP contribution in [0.4, 0.5) is 10.5 Å². The third kappa shape index (κ3) is 3.10. The zero-order valence-electron chi connectivity index (χ0n) is 8.90. The Morgan fingerprint density at radius 3 is 2.65 bits per heavy atom. The van der Waals surface area contributed by atoms with Gasteiger partial charge in [0.05, 0.1) is 6.61 Å². The SMILES string of the molecule is O=C(Nc1ccc(Cl)cc1)NC1CCOC1=O. The highest BCUT2D eigenvalue weighted by Crippen LogP contribution is 2.13. The number of hydrogen-bond acceptors (Lipinski definition) is 3. The molecule has 0 radical (unpaired) electrons. The van der Waals surface area contributed by atoms with Crippen molar-refractivity contribution in [3.8, 4) is 0 Å². The van der Waals surface area contributed by atoms with Crippen molar-refractivity contribution >= 4 is 29.3 Å². The highest BCUT2D eigenvalue weighted by molar-refractivity contribution is 6.30. The molecule has 1 saturated heterocycles. The molecule has 0 saturated carbocycles. The van der Waals surface area contributed by atoms with Crippen molar-refractivity contribution in [1.82, 2.24) is 5.32 Å². The molecule has 1 heterocycles. The predicted octanol–water partition coefficient (Wildman–Crippen LogP) is 1.78. The molecule has 5 nitrogen and oxygen atoms in total. The van der Waals surface area contributed by atoms with Crippen LogP contribution < -0.4 is 10.6 Å². The summed E-state index contributed by atoms with van der Waals surface area (Å²) in [7, 11) is 0. The van der Waals surface area contributed by atoms with Crippen LogP contribution in [0.3, 0.4) is 0 Å². The number of rotatable bonds is 2. The summed E-state index contributed by atoms with van der Waals surface area (Å²) in [5.74, 6) is -0.392. The van der Waals surface area contributed by atoms with E-state index in [1.165, 1.54) is 0 Å². The van der Waals surface area contributed by atoms with Crippen LogP contribution in [0.5, 0.6) is 0 Å². The van der Waals surface area contributed by atoms with Crippen LogP contribution in [0.25, 0.3) is 0 Å². The van der Waals surface area contributed by atoms with Gasteiger partial charge in [0, 0.05) is 17.1 Å². The summed E-state index contributed by atoms with van der Waals surface area (Å²) < 4.78 is 4.73. The molecule has 6 heteroatoms. The molecule has 0 aromatic heterocycles. The summed E-state index contributed by atoms with van der Waals surface area (Å²) in [4.78, 5) is 22.7. The number of urea groups is 1. The molecule has 1 aliphatic rings. The number of esters is 1. The molecule has 1 aromatic rings. The first-order valence-electron chi connectivity index (χ1n) is 5.15.